The van der Waals surface area contributed by atoms with Gasteiger partial charge in [-0.25, -0.2) is 0 Å². The highest BCUT2D eigenvalue weighted by atomic mass is 31.1. The second kappa shape index (κ2) is 16.3. The van der Waals surface area contributed by atoms with Gasteiger partial charge in [0, 0.05) is 28.7 Å². The standard InChI is InChI=1S/C49H48N2P2/c1-49(2,47-33-43(37-21-9-3-10-22-37)45(50-47)35-52(39-25-13-5-14-26-39)40-27-15-6-16-28-40)48-34-44(38-23-11-4-12-24-38)46(51-48)36-53(41-29-17-7-18-30-41)42-31-19-8-20-32-42/h3-32,43-46H,33-36H2,1-2H3/t43-,44-,45-,46-/m0/s1. The zero-order valence-corrected chi connectivity index (χ0v) is 32.5. The molecule has 0 fully saturated rings. The Balaban J connectivity index is 1.15. The van der Waals surface area contributed by atoms with E-state index in [1.807, 2.05) is 0 Å². The number of rotatable bonds is 12. The van der Waals surface area contributed by atoms with E-state index >= 15 is 0 Å². The van der Waals surface area contributed by atoms with Crippen molar-refractivity contribution in [3.8, 4) is 0 Å². The van der Waals surface area contributed by atoms with Crippen LogP contribution in [-0.4, -0.2) is 35.8 Å². The first-order valence-corrected chi connectivity index (χ1v) is 22.1. The average Bonchev–Trinajstić information content (AvgIpc) is 3.87. The van der Waals surface area contributed by atoms with Gasteiger partial charge in [-0.15, -0.1) is 0 Å². The zero-order valence-electron chi connectivity index (χ0n) is 30.7. The summed E-state index contributed by atoms with van der Waals surface area (Å²) in [5.41, 5.74) is 5.17. The van der Waals surface area contributed by atoms with Gasteiger partial charge in [0.05, 0.1) is 12.1 Å². The monoisotopic (exact) mass is 726 g/mol. The molecule has 0 spiro atoms. The molecular formula is C49H48N2P2. The molecule has 8 rings (SSSR count). The van der Waals surface area contributed by atoms with Crippen molar-refractivity contribution in [1.82, 2.24) is 0 Å². The van der Waals surface area contributed by atoms with Crippen LogP contribution >= 0.6 is 15.8 Å². The van der Waals surface area contributed by atoms with Crippen molar-refractivity contribution in [3.05, 3.63) is 193 Å². The van der Waals surface area contributed by atoms with Gasteiger partial charge in [-0.05, 0) is 87.2 Å². The van der Waals surface area contributed by atoms with Crippen molar-refractivity contribution in [2.45, 2.75) is 50.6 Å². The fraction of sp³-hybridized carbons (Fsp3) is 0.224. The van der Waals surface area contributed by atoms with Crippen LogP contribution in [0.1, 0.15) is 49.7 Å². The van der Waals surface area contributed by atoms with Crippen LogP contribution in [0.3, 0.4) is 0 Å². The maximum Gasteiger partial charge on any atom is 0.0616 e. The Hall–Kier alpha value is -4.48. The summed E-state index contributed by atoms with van der Waals surface area (Å²) < 4.78 is 0. The van der Waals surface area contributed by atoms with Crippen LogP contribution in [0.25, 0.3) is 0 Å². The molecule has 0 bridgehead atoms. The summed E-state index contributed by atoms with van der Waals surface area (Å²) in [5.74, 6) is 0.684. The number of hydrogen-bond acceptors (Lipinski definition) is 2. The highest BCUT2D eigenvalue weighted by Crippen LogP contribution is 2.48. The molecule has 4 atom stereocenters. The van der Waals surface area contributed by atoms with E-state index in [4.69, 9.17) is 9.98 Å². The maximum absolute atomic E-state index is 5.79. The van der Waals surface area contributed by atoms with Crippen LogP contribution in [0.4, 0.5) is 0 Å². The van der Waals surface area contributed by atoms with Gasteiger partial charge >= 0.3 is 0 Å². The van der Waals surface area contributed by atoms with Crippen LogP contribution in [0.15, 0.2) is 192 Å². The van der Waals surface area contributed by atoms with Gasteiger partial charge in [-0.1, -0.05) is 182 Å². The van der Waals surface area contributed by atoms with Crippen molar-refractivity contribution in [3.63, 3.8) is 0 Å². The van der Waals surface area contributed by atoms with Gasteiger partial charge in [-0.2, -0.15) is 0 Å². The fourth-order valence-corrected chi connectivity index (χ4v) is 13.3. The molecule has 53 heavy (non-hydrogen) atoms. The van der Waals surface area contributed by atoms with Gasteiger partial charge in [-0.3, -0.25) is 9.98 Å². The molecule has 6 aromatic rings. The van der Waals surface area contributed by atoms with E-state index in [-0.39, 0.29) is 17.5 Å². The highest BCUT2D eigenvalue weighted by molar-refractivity contribution is 7.73. The lowest BCUT2D eigenvalue weighted by atomic mass is 9.76. The summed E-state index contributed by atoms with van der Waals surface area (Å²) in [6.45, 7) is 4.82. The quantitative estimate of drug-likeness (QED) is 0.112. The lowest BCUT2D eigenvalue weighted by molar-refractivity contribution is 0.626. The second-order valence-electron chi connectivity index (χ2n) is 14.9. The third kappa shape index (κ3) is 7.92. The normalized spacial score (nSPS) is 20.1. The molecule has 0 amide bonds. The van der Waals surface area contributed by atoms with Crippen LogP contribution in [0.2, 0.25) is 0 Å². The smallest absolute Gasteiger partial charge is 0.0616 e. The van der Waals surface area contributed by atoms with E-state index < -0.39 is 15.8 Å². The summed E-state index contributed by atoms with van der Waals surface area (Å²) in [6, 6.07) is 67.3. The van der Waals surface area contributed by atoms with Crippen LogP contribution in [0, 0.1) is 5.41 Å². The molecule has 2 aliphatic rings. The Morgan fingerprint density at radius 2 is 0.679 bits per heavy atom. The van der Waals surface area contributed by atoms with Gasteiger partial charge in [0.25, 0.3) is 0 Å². The molecule has 0 aromatic heterocycles. The van der Waals surface area contributed by atoms with Gasteiger partial charge in [0.2, 0.25) is 0 Å². The highest BCUT2D eigenvalue weighted by Gasteiger charge is 2.44. The molecule has 0 saturated heterocycles. The first-order chi connectivity index (χ1) is 26.0. The molecule has 4 heteroatoms. The molecule has 0 N–H and O–H groups in total. The average molecular weight is 727 g/mol. The van der Waals surface area contributed by atoms with E-state index in [1.54, 1.807) is 0 Å². The molecule has 0 saturated carbocycles. The summed E-state index contributed by atoms with van der Waals surface area (Å²) in [6.07, 6.45) is 4.00. The Morgan fingerprint density at radius 1 is 0.415 bits per heavy atom. The predicted octanol–water partition coefficient (Wildman–Crippen LogP) is 10.3. The molecule has 0 aliphatic carbocycles. The predicted molar refractivity (Wildman–Crippen MR) is 232 cm³/mol. The SMILES string of the molecule is CC(C)(C1=N[C@@H](CP(c2ccccc2)c2ccccc2)[C@H](c2ccccc2)C1)C1=N[C@@H](CP(c2ccccc2)c2ccccc2)[C@H](c2ccccc2)C1. The molecule has 6 aromatic carbocycles. The third-order valence-electron chi connectivity index (χ3n) is 11.3. The molecule has 0 unspecified atom stereocenters. The zero-order chi connectivity index (χ0) is 36.0. The number of aliphatic imine (C=N–C) groups is 2. The van der Waals surface area contributed by atoms with Gasteiger partial charge in [0.15, 0.2) is 0 Å². The molecule has 2 aliphatic heterocycles. The van der Waals surface area contributed by atoms with Gasteiger partial charge in [0.1, 0.15) is 0 Å². The van der Waals surface area contributed by atoms with E-state index in [0.717, 1.165) is 25.2 Å². The number of hydrogen-bond donors (Lipinski definition) is 0. The maximum atomic E-state index is 5.79. The lowest BCUT2D eigenvalue weighted by Gasteiger charge is -2.27. The topological polar surface area (TPSA) is 24.7 Å². The molecule has 2 nitrogen and oxygen atoms in total. The van der Waals surface area contributed by atoms with Crippen molar-refractivity contribution in [2.75, 3.05) is 12.3 Å². The Labute approximate surface area is 318 Å². The summed E-state index contributed by atoms with van der Waals surface area (Å²) in [5, 5.41) is 5.69. The number of benzene rings is 6. The summed E-state index contributed by atoms with van der Waals surface area (Å²) >= 11 is 0. The summed E-state index contributed by atoms with van der Waals surface area (Å²) in [7, 11) is -1.16. The summed E-state index contributed by atoms with van der Waals surface area (Å²) in [4.78, 5) is 11.6. The molecule has 264 valence electrons. The minimum absolute atomic E-state index is 0.199. The van der Waals surface area contributed by atoms with Crippen LogP contribution < -0.4 is 21.2 Å². The lowest BCUT2D eigenvalue weighted by Crippen LogP contribution is -2.32. The largest absolute Gasteiger partial charge is 0.289 e. The molecule has 2 heterocycles. The van der Waals surface area contributed by atoms with E-state index in [2.05, 4.69) is 196 Å². The first-order valence-electron chi connectivity index (χ1n) is 19.0. The minimum Gasteiger partial charge on any atom is -0.289 e. The van der Waals surface area contributed by atoms with E-state index in [0.29, 0.717) is 11.8 Å². The fourth-order valence-electron chi connectivity index (χ4n) is 8.32. The second-order valence-corrected chi connectivity index (χ2v) is 19.4. The molecular weight excluding hydrogens is 679 g/mol. The van der Waals surface area contributed by atoms with Crippen molar-refractivity contribution in [2.24, 2.45) is 15.4 Å². The third-order valence-corrected chi connectivity index (χ3v) is 16.5. The molecule has 0 radical (unpaired) electrons. The van der Waals surface area contributed by atoms with E-state index in [9.17, 15) is 0 Å². The Morgan fingerprint density at radius 3 is 0.962 bits per heavy atom. The van der Waals surface area contributed by atoms with Crippen molar-refractivity contribution >= 4 is 48.5 Å². The Bertz CT molecular complexity index is 1890. The number of nitrogens with zero attached hydrogens (tertiary/aromatic N) is 2. The van der Waals surface area contributed by atoms with Crippen LogP contribution in [0.5, 0.6) is 0 Å². The first kappa shape index (κ1) is 35.5. The van der Waals surface area contributed by atoms with Crippen LogP contribution in [-0.2, 0) is 0 Å². The van der Waals surface area contributed by atoms with Crippen molar-refractivity contribution < 1.29 is 0 Å². The van der Waals surface area contributed by atoms with Crippen molar-refractivity contribution in [1.29, 1.82) is 0 Å². The van der Waals surface area contributed by atoms with E-state index in [1.165, 1.54) is 43.8 Å². The minimum atomic E-state index is -0.578. The Kier molecular flexibility index (Phi) is 10.9. The van der Waals surface area contributed by atoms with Gasteiger partial charge < -0.3 is 0 Å².